The van der Waals surface area contributed by atoms with Gasteiger partial charge in [-0.1, -0.05) is 6.07 Å². The van der Waals surface area contributed by atoms with Gasteiger partial charge in [-0.15, -0.1) is 0 Å². The summed E-state index contributed by atoms with van der Waals surface area (Å²) in [6, 6.07) is 12.2. The molecule has 0 bridgehead atoms. The van der Waals surface area contributed by atoms with Crippen LogP contribution in [-0.2, 0) is 6.54 Å². The number of amides is 1. The number of nitrogens with one attached hydrogen (secondary N) is 1. The zero-order chi connectivity index (χ0) is 19.1. The molecule has 3 aromatic rings. The third kappa shape index (κ3) is 2.83. The number of hydrogen-bond acceptors (Lipinski definition) is 2. The number of halogens is 3. The molecule has 6 heteroatoms. The van der Waals surface area contributed by atoms with Crippen molar-refractivity contribution in [1.82, 2.24) is 5.32 Å². The summed E-state index contributed by atoms with van der Waals surface area (Å²) < 4.78 is 41.5. The van der Waals surface area contributed by atoms with E-state index < -0.39 is 17.5 Å². The van der Waals surface area contributed by atoms with Crippen LogP contribution in [0, 0.1) is 28.8 Å². The second kappa shape index (κ2) is 6.29. The molecule has 4 rings (SSSR count). The fourth-order valence-electron chi connectivity index (χ4n) is 3.22. The van der Waals surface area contributed by atoms with Crippen LogP contribution in [-0.4, -0.2) is 5.91 Å². The number of fused-ring (bicyclic) bond motifs is 1. The Kier molecular flexibility index (Phi) is 3.93. The second-order valence-electron chi connectivity index (χ2n) is 6.17. The number of benzene rings is 3. The molecule has 1 amide bonds. The van der Waals surface area contributed by atoms with Crippen LogP contribution in [0.3, 0.4) is 0 Å². The Morgan fingerprint density at radius 1 is 0.852 bits per heavy atom. The lowest BCUT2D eigenvalue weighted by atomic mass is 9.90. The number of rotatable bonds is 2. The summed E-state index contributed by atoms with van der Waals surface area (Å²) in [7, 11) is 0. The predicted molar refractivity (Wildman–Crippen MR) is 93.1 cm³/mol. The molecule has 0 radical (unpaired) electrons. The molecule has 0 saturated heterocycles. The Labute approximate surface area is 152 Å². The summed E-state index contributed by atoms with van der Waals surface area (Å²) in [6.45, 7) is 0.319. The molecule has 1 N–H and O–H groups in total. The molecule has 1 heterocycles. The van der Waals surface area contributed by atoms with Gasteiger partial charge in [-0.2, -0.15) is 5.26 Å². The number of carbonyl (C=O) groups is 1. The van der Waals surface area contributed by atoms with E-state index >= 15 is 0 Å². The molecule has 0 unspecified atom stereocenters. The standard InChI is InChI=1S/C21H11F3N2O/c22-14-2-3-15(20(24)7-14)18-8-17-13(10-26-21(17)27)6-16(18)11-1-4-19(23)12(5-11)9-25/h1-8H,10H2,(H,26,27). The third-order valence-electron chi connectivity index (χ3n) is 4.55. The van der Waals surface area contributed by atoms with Gasteiger partial charge in [0.1, 0.15) is 23.5 Å². The Morgan fingerprint density at radius 2 is 1.67 bits per heavy atom. The maximum absolute atomic E-state index is 14.4. The van der Waals surface area contributed by atoms with Crippen molar-refractivity contribution in [3.05, 3.63) is 82.7 Å². The van der Waals surface area contributed by atoms with E-state index in [1.54, 1.807) is 18.2 Å². The minimum atomic E-state index is -0.780. The molecule has 0 atom stereocenters. The minimum Gasteiger partial charge on any atom is -0.348 e. The first-order chi connectivity index (χ1) is 13.0. The van der Waals surface area contributed by atoms with Crippen LogP contribution >= 0.6 is 0 Å². The largest absolute Gasteiger partial charge is 0.348 e. The first kappa shape index (κ1) is 16.9. The lowest BCUT2D eigenvalue weighted by molar-refractivity contribution is 0.0966. The van der Waals surface area contributed by atoms with Crippen molar-refractivity contribution in [1.29, 1.82) is 5.26 Å². The molecule has 0 aliphatic carbocycles. The molecule has 0 saturated carbocycles. The molecule has 3 aromatic carbocycles. The van der Waals surface area contributed by atoms with Gasteiger partial charge in [-0.05, 0) is 58.7 Å². The van der Waals surface area contributed by atoms with Crippen molar-refractivity contribution < 1.29 is 18.0 Å². The summed E-state index contributed by atoms with van der Waals surface area (Å²) in [5, 5.41) is 11.8. The van der Waals surface area contributed by atoms with Crippen molar-refractivity contribution in [3.8, 4) is 28.3 Å². The molecule has 132 valence electrons. The van der Waals surface area contributed by atoms with E-state index in [1.807, 2.05) is 0 Å². The highest BCUT2D eigenvalue weighted by molar-refractivity contribution is 6.01. The lowest BCUT2D eigenvalue weighted by Crippen LogP contribution is -2.12. The molecular weight excluding hydrogens is 353 g/mol. The molecule has 1 aliphatic rings. The van der Waals surface area contributed by atoms with Crippen molar-refractivity contribution >= 4 is 5.91 Å². The zero-order valence-corrected chi connectivity index (χ0v) is 13.8. The Balaban J connectivity index is 2.01. The van der Waals surface area contributed by atoms with Gasteiger partial charge in [0.05, 0.1) is 5.56 Å². The van der Waals surface area contributed by atoms with E-state index in [4.69, 9.17) is 5.26 Å². The monoisotopic (exact) mass is 364 g/mol. The first-order valence-electron chi connectivity index (χ1n) is 8.08. The molecule has 0 aromatic heterocycles. The molecule has 27 heavy (non-hydrogen) atoms. The highest BCUT2D eigenvalue weighted by atomic mass is 19.1. The highest BCUT2D eigenvalue weighted by Crippen LogP contribution is 2.37. The van der Waals surface area contributed by atoms with Crippen LogP contribution < -0.4 is 5.32 Å². The van der Waals surface area contributed by atoms with Crippen molar-refractivity contribution in [2.24, 2.45) is 0 Å². The van der Waals surface area contributed by atoms with Crippen molar-refractivity contribution in [2.45, 2.75) is 6.54 Å². The minimum absolute atomic E-state index is 0.108. The fraction of sp³-hybridized carbons (Fsp3) is 0.0476. The lowest BCUT2D eigenvalue weighted by Gasteiger charge is -2.14. The van der Waals surface area contributed by atoms with E-state index in [9.17, 15) is 18.0 Å². The SMILES string of the molecule is N#Cc1cc(-c2cc3c(cc2-c2ccc(F)cc2F)C(=O)NC3)ccc1F. The van der Waals surface area contributed by atoms with Crippen LogP contribution in [0.4, 0.5) is 13.2 Å². The van der Waals surface area contributed by atoms with E-state index in [2.05, 4.69) is 5.32 Å². The maximum atomic E-state index is 14.4. The van der Waals surface area contributed by atoms with Crippen LogP contribution in [0.5, 0.6) is 0 Å². The summed E-state index contributed by atoms with van der Waals surface area (Å²) in [5.41, 5.74) is 2.45. The third-order valence-corrected chi connectivity index (χ3v) is 4.55. The van der Waals surface area contributed by atoms with Crippen LogP contribution in [0.15, 0.2) is 48.5 Å². The molecule has 1 aliphatic heterocycles. The second-order valence-corrected chi connectivity index (χ2v) is 6.17. The van der Waals surface area contributed by atoms with Gasteiger partial charge in [0.25, 0.3) is 5.91 Å². The topological polar surface area (TPSA) is 52.9 Å². The number of hydrogen-bond donors (Lipinski definition) is 1. The van der Waals surface area contributed by atoms with Gasteiger partial charge in [-0.25, -0.2) is 13.2 Å². The molecule has 0 fully saturated rings. The average molecular weight is 364 g/mol. The summed E-state index contributed by atoms with van der Waals surface area (Å²) in [5.74, 6) is -2.44. The van der Waals surface area contributed by atoms with E-state index in [0.29, 0.717) is 34.4 Å². The molecule has 0 spiro atoms. The van der Waals surface area contributed by atoms with Crippen LogP contribution in [0.2, 0.25) is 0 Å². The maximum Gasteiger partial charge on any atom is 0.251 e. The van der Waals surface area contributed by atoms with Crippen LogP contribution in [0.1, 0.15) is 21.5 Å². The zero-order valence-electron chi connectivity index (χ0n) is 13.8. The highest BCUT2D eigenvalue weighted by Gasteiger charge is 2.23. The average Bonchev–Trinajstić information content (AvgIpc) is 3.01. The van der Waals surface area contributed by atoms with Crippen molar-refractivity contribution in [2.75, 3.05) is 0 Å². The summed E-state index contributed by atoms with van der Waals surface area (Å²) >= 11 is 0. The Hall–Kier alpha value is -3.59. The summed E-state index contributed by atoms with van der Waals surface area (Å²) in [6.07, 6.45) is 0. The normalized spacial score (nSPS) is 12.4. The number of nitrogens with zero attached hydrogens (tertiary/aromatic N) is 1. The quantitative estimate of drug-likeness (QED) is 0.725. The van der Waals surface area contributed by atoms with Gasteiger partial charge < -0.3 is 5.32 Å². The summed E-state index contributed by atoms with van der Waals surface area (Å²) in [4.78, 5) is 12.0. The van der Waals surface area contributed by atoms with Gasteiger partial charge in [0.15, 0.2) is 0 Å². The first-order valence-corrected chi connectivity index (χ1v) is 8.08. The molecular formula is C21H11F3N2O. The predicted octanol–water partition coefficient (Wildman–Crippen LogP) is 4.55. The number of nitriles is 1. The Bertz CT molecular complexity index is 1150. The Morgan fingerprint density at radius 3 is 2.41 bits per heavy atom. The smallest absolute Gasteiger partial charge is 0.251 e. The van der Waals surface area contributed by atoms with Gasteiger partial charge >= 0.3 is 0 Å². The van der Waals surface area contributed by atoms with Gasteiger partial charge in [0, 0.05) is 23.7 Å². The van der Waals surface area contributed by atoms with Gasteiger partial charge in [-0.3, -0.25) is 4.79 Å². The van der Waals surface area contributed by atoms with E-state index in [1.165, 1.54) is 18.2 Å². The van der Waals surface area contributed by atoms with Crippen LogP contribution in [0.25, 0.3) is 22.3 Å². The molecule has 3 nitrogen and oxygen atoms in total. The van der Waals surface area contributed by atoms with Gasteiger partial charge in [0.2, 0.25) is 0 Å². The van der Waals surface area contributed by atoms with E-state index in [0.717, 1.165) is 18.2 Å². The van der Waals surface area contributed by atoms with E-state index in [-0.39, 0.29) is 17.0 Å². The van der Waals surface area contributed by atoms with Crippen molar-refractivity contribution in [3.63, 3.8) is 0 Å². The fourth-order valence-corrected chi connectivity index (χ4v) is 3.22. The number of carbonyl (C=O) groups excluding carboxylic acids is 1.